The molecule has 0 unspecified atom stereocenters. The van der Waals surface area contributed by atoms with Crippen molar-refractivity contribution in [1.29, 1.82) is 0 Å². The number of aryl methyl sites for hydroxylation is 1. The number of aromatic nitrogens is 2. The summed E-state index contributed by atoms with van der Waals surface area (Å²) >= 11 is 0. The fraction of sp³-hybridized carbons (Fsp3) is 0.320. The molecule has 1 aliphatic rings. The van der Waals surface area contributed by atoms with Crippen molar-refractivity contribution in [1.82, 2.24) is 25.7 Å². The zero-order valence-corrected chi connectivity index (χ0v) is 18.9. The zero-order valence-electron chi connectivity index (χ0n) is 18.9. The van der Waals surface area contributed by atoms with Crippen molar-refractivity contribution >= 4 is 11.8 Å². The molecule has 0 radical (unpaired) electrons. The molecule has 1 atom stereocenters. The van der Waals surface area contributed by atoms with E-state index >= 15 is 0 Å². The Labute approximate surface area is 193 Å². The lowest BCUT2D eigenvalue weighted by Crippen LogP contribution is -2.56. The average Bonchev–Trinajstić information content (AvgIpc) is 3.29. The van der Waals surface area contributed by atoms with Gasteiger partial charge in [0, 0.05) is 31.7 Å². The highest BCUT2D eigenvalue weighted by molar-refractivity contribution is 5.88. The van der Waals surface area contributed by atoms with Crippen LogP contribution in [0.2, 0.25) is 0 Å². The number of hydrogen-bond acceptors (Lipinski definition) is 5. The maximum atomic E-state index is 12.8. The van der Waals surface area contributed by atoms with E-state index < -0.39 is 6.04 Å². The highest BCUT2D eigenvalue weighted by Gasteiger charge is 2.31. The topological polar surface area (TPSA) is 99.3 Å². The number of rotatable bonds is 8. The first-order valence-electron chi connectivity index (χ1n) is 11.0. The van der Waals surface area contributed by atoms with E-state index in [0.717, 1.165) is 33.7 Å². The van der Waals surface area contributed by atoms with Gasteiger partial charge in [0.05, 0.1) is 31.5 Å². The number of H-pyrrole nitrogens is 1. The molecule has 2 aromatic carbocycles. The van der Waals surface area contributed by atoms with E-state index in [-0.39, 0.29) is 18.2 Å². The van der Waals surface area contributed by atoms with Crippen molar-refractivity contribution in [2.24, 2.45) is 0 Å². The molecule has 3 aromatic rings. The van der Waals surface area contributed by atoms with Crippen LogP contribution in [0.5, 0.6) is 5.75 Å². The summed E-state index contributed by atoms with van der Waals surface area (Å²) < 4.78 is 5.34. The molecule has 0 bridgehead atoms. The number of carbonyl (C=O) groups excluding carboxylic acids is 2. The molecule has 1 fully saturated rings. The van der Waals surface area contributed by atoms with Gasteiger partial charge in [0.25, 0.3) is 0 Å². The number of methoxy groups -OCH3 is 1. The van der Waals surface area contributed by atoms with Crippen LogP contribution in [-0.4, -0.2) is 53.2 Å². The van der Waals surface area contributed by atoms with E-state index in [1.807, 2.05) is 49.4 Å². The quantitative estimate of drug-likeness (QED) is 0.493. The molecular formula is C25H29N5O3. The van der Waals surface area contributed by atoms with Crippen LogP contribution in [0, 0.1) is 6.92 Å². The molecular weight excluding hydrogens is 418 g/mol. The first-order valence-corrected chi connectivity index (χ1v) is 11.0. The summed E-state index contributed by atoms with van der Waals surface area (Å²) in [5, 5.41) is 13.0. The Morgan fingerprint density at radius 1 is 1.24 bits per heavy atom. The Kier molecular flexibility index (Phi) is 7.04. The summed E-state index contributed by atoms with van der Waals surface area (Å²) in [5.74, 6) is 0.545. The Morgan fingerprint density at radius 3 is 2.82 bits per heavy atom. The second-order valence-corrected chi connectivity index (χ2v) is 8.20. The third kappa shape index (κ3) is 5.40. The van der Waals surface area contributed by atoms with Crippen LogP contribution in [0.15, 0.2) is 54.7 Å². The Morgan fingerprint density at radius 2 is 2.06 bits per heavy atom. The first kappa shape index (κ1) is 22.5. The normalized spacial score (nSPS) is 16.3. The predicted molar refractivity (Wildman–Crippen MR) is 125 cm³/mol. The molecule has 172 valence electrons. The fourth-order valence-corrected chi connectivity index (χ4v) is 4.19. The van der Waals surface area contributed by atoms with E-state index in [2.05, 4.69) is 31.8 Å². The number of ether oxygens (including phenoxy) is 1. The van der Waals surface area contributed by atoms with Crippen molar-refractivity contribution in [2.75, 3.05) is 20.2 Å². The summed E-state index contributed by atoms with van der Waals surface area (Å²) in [6.45, 7) is 4.19. The van der Waals surface area contributed by atoms with Crippen LogP contribution in [0.4, 0.5) is 0 Å². The third-order valence-corrected chi connectivity index (χ3v) is 5.92. The summed E-state index contributed by atoms with van der Waals surface area (Å²) in [6.07, 6.45) is 1.81. The van der Waals surface area contributed by atoms with Crippen molar-refractivity contribution in [3.63, 3.8) is 0 Å². The van der Waals surface area contributed by atoms with Gasteiger partial charge in [-0.3, -0.25) is 19.6 Å². The second kappa shape index (κ2) is 10.3. The number of hydrogen-bond donors (Lipinski definition) is 3. The van der Waals surface area contributed by atoms with Crippen LogP contribution in [0.25, 0.3) is 11.3 Å². The van der Waals surface area contributed by atoms with E-state index in [4.69, 9.17) is 4.74 Å². The van der Waals surface area contributed by atoms with Gasteiger partial charge in [-0.2, -0.15) is 5.10 Å². The Balaban J connectivity index is 1.39. The molecule has 0 spiro atoms. The van der Waals surface area contributed by atoms with E-state index in [0.29, 0.717) is 26.2 Å². The molecule has 33 heavy (non-hydrogen) atoms. The number of aromatic amines is 1. The van der Waals surface area contributed by atoms with Gasteiger partial charge in [0.2, 0.25) is 11.8 Å². The molecule has 1 saturated heterocycles. The molecule has 2 amide bonds. The van der Waals surface area contributed by atoms with Crippen molar-refractivity contribution in [3.8, 4) is 17.0 Å². The standard InChI is InChI=1S/C25H29N5O3/c1-17-12-18(8-9-22(17)33-2)16-30-11-10-26-25(32)21(30)13-23(31)27-14-20-15-28-29-24(20)19-6-4-3-5-7-19/h3-9,12,15,21H,10-11,13-14,16H2,1-2H3,(H,26,32)(H,27,31)(H,28,29)/t21-/m1/s1. The van der Waals surface area contributed by atoms with Crippen LogP contribution in [0.3, 0.4) is 0 Å². The third-order valence-electron chi connectivity index (χ3n) is 5.92. The van der Waals surface area contributed by atoms with Gasteiger partial charge in [-0.15, -0.1) is 0 Å². The predicted octanol–water partition coefficient (Wildman–Crippen LogP) is 2.40. The van der Waals surface area contributed by atoms with Gasteiger partial charge in [-0.1, -0.05) is 42.5 Å². The zero-order chi connectivity index (χ0) is 23.2. The van der Waals surface area contributed by atoms with Crippen LogP contribution >= 0.6 is 0 Å². The molecule has 8 nitrogen and oxygen atoms in total. The molecule has 3 N–H and O–H groups in total. The summed E-state index contributed by atoms with van der Waals surface area (Å²) in [4.78, 5) is 27.4. The van der Waals surface area contributed by atoms with Gasteiger partial charge in [-0.25, -0.2) is 0 Å². The first-order chi connectivity index (χ1) is 16.0. The monoisotopic (exact) mass is 447 g/mol. The number of nitrogens with zero attached hydrogens (tertiary/aromatic N) is 2. The number of piperazine rings is 1. The maximum absolute atomic E-state index is 12.8. The van der Waals surface area contributed by atoms with Crippen molar-refractivity contribution < 1.29 is 14.3 Å². The van der Waals surface area contributed by atoms with E-state index in [1.54, 1.807) is 13.3 Å². The second-order valence-electron chi connectivity index (χ2n) is 8.20. The minimum absolute atomic E-state index is 0.0967. The van der Waals surface area contributed by atoms with Crippen LogP contribution < -0.4 is 15.4 Å². The minimum Gasteiger partial charge on any atom is -0.496 e. The molecule has 1 aromatic heterocycles. The average molecular weight is 448 g/mol. The van der Waals surface area contributed by atoms with Crippen molar-refractivity contribution in [2.45, 2.75) is 32.5 Å². The lowest BCUT2D eigenvalue weighted by molar-refractivity contribution is -0.134. The van der Waals surface area contributed by atoms with E-state index in [1.165, 1.54) is 0 Å². The molecule has 2 heterocycles. The minimum atomic E-state index is -0.515. The molecule has 1 aliphatic heterocycles. The highest BCUT2D eigenvalue weighted by Crippen LogP contribution is 2.22. The van der Waals surface area contributed by atoms with Gasteiger partial charge in [-0.05, 0) is 29.7 Å². The van der Waals surface area contributed by atoms with Gasteiger partial charge in [0.15, 0.2) is 0 Å². The Bertz CT molecular complexity index is 1110. The molecule has 8 heteroatoms. The van der Waals surface area contributed by atoms with E-state index in [9.17, 15) is 9.59 Å². The van der Waals surface area contributed by atoms with Crippen LogP contribution in [0.1, 0.15) is 23.1 Å². The largest absolute Gasteiger partial charge is 0.496 e. The number of benzene rings is 2. The maximum Gasteiger partial charge on any atom is 0.237 e. The summed E-state index contributed by atoms with van der Waals surface area (Å²) in [5.41, 5.74) is 4.90. The van der Waals surface area contributed by atoms with Crippen LogP contribution in [-0.2, 0) is 22.7 Å². The highest BCUT2D eigenvalue weighted by atomic mass is 16.5. The van der Waals surface area contributed by atoms with Gasteiger partial charge < -0.3 is 15.4 Å². The molecule has 0 saturated carbocycles. The number of carbonyl (C=O) groups is 2. The number of amides is 2. The van der Waals surface area contributed by atoms with Gasteiger partial charge in [0.1, 0.15) is 5.75 Å². The summed E-state index contributed by atoms with van der Waals surface area (Å²) in [6, 6.07) is 15.3. The lowest BCUT2D eigenvalue weighted by Gasteiger charge is -2.34. The summed E-state index contributed by atoms with van der Waals surface area (Å²) in [7, 11) is 1.65. The molecule has 0 aliphatic carbocycles. The number of nitrogens with one attached hydrogen (secondary N) is 3. The van der Waals surface area contributed by atoms with Crippen molar-refractivity contribution in [3.05, 3.63) is 71.4 Å². The fourth-order valence-electron chi connectivity index (χ4n) is 4.19. The Hall–Kier alpha value is -3.65. The lowest BCUT2D eigenvalue weighted by atomic mass is 10.0. The SMILES string of the molecule is COc1ccc(CN2CCNC(=O)[C@H]2CC(=O)NCc2cn[nH]c2-c2ccccc2)cc1C. The van der Waals surface area contributed by atoms with Gasteiger partial charge >= 0.3 is 0 Å². The smallest absolute Gasteiger partial charge is 0.237 e. The molecule has 4 rings (SSSR count).